The average Bonchev–Trinajstić information content (AvgIpc) is 0.759. The summed E-state index contributed by atoms with van der Waals surface area (Å²) >= 11 is 0. The summed E-state index contributed by atoms with van der Waals surface area (Å²) < 4.78 is 2.51. The third-order valence-corrected chi connectivity index (χ3v) is 28.8. The highest BCUT2D eigenvalue weighted by Crippen LogP contribution is 2.48. The van der Waals surface area contributed by atoms with E-state index in [0.29, 0.717) is 0 Å². The van der Waals surface area contributed by atoms with E-state index in [1.54, 1.807) is 0 Å². The maximum Gasteiger partial charge on any atom is 0.252 e. The van der Waals surface area contributed by atoms with Crippen LogP contribution in [0.25, 0.3) is 38.6 Å². The van der Waals surface area contributed by atoms with Gasteiger partial charge in [0.1, 0.15) is 0 Å². The van der Waals surface area contributed by atoms with Crippen LogP contribution in [0.2, 0.25) is 0 Å². The minimum Gasteiger partial charge on any atom is -0.311 e. The van der Waals surface area contributed by atoms with Gasteiger partial charge in [-0.3, -0.25) is 0 Å². The van der Waals surface area contributed by atoms with Gasteiger partial charge in [0.25, 0.3) is 6.71 Å². The summed E-state index contributed by atoms with van der Waals surface area (Å²) in [5, 5.41) is 13.2. The molecule has 3 nitrogen and oxygen atoms in total. The van der Waals surface area contributed by atoms with Crippen LogP contribution in [-0.2, 0) is 0 Å². The van der Waals surface area contributed by atoms with E-state index >= 15 is 0 Å². The van der Waals surface area contributed by atoms with Crippen LogP contribution >= 0.6 is 0 Å². The van der Waals surface area contributed by atoms with Gasteiger partial charge in [0.05, 0.1) is 22.4 Å². The molecule has 0 spiro atoms. The average molecular weight is 1180 g/mol. The summed E-state index contributed by atoms with van der Waals surface area (Å²) in [5.41, 5.74) is 16.4. The third-order valence-electron chi connectivity index (χ3n) is 19.3. The van der Waals surface area contributed by atoms with Crippen molar-refractivity contribution in [3.63, 3.8) is 0 Å². The van der Waals surface area contributed by atoms with E-state index in [9.17, 15) is 0 Å². The lowest BCUT2D eigenvalue weighted by molar-refractivity contribution is 1.16. The number of aromatic nitrogens is 1. The Morgan fingerprint density at radius 1 is 0.233 bits per heavy atom. The third kappa shape index (κ3) is 8.26. The van der Waals surface area contributed by atoms with Crippen LogP contribution in [0.3, 0.4) is 0 Å². The Labute approximate surface area is 528 Å². The molecule has 2 aliphatic heterocycles. The molecule has 3 heterocycles. The summed E-state index contributed by atoms with van der Waals surface area (Å²) in [6.45, 7) is -0.160. The Morgan fingerprint density at radius 2 is 0.600 bits per heavy atom. The molecular formula is C84H60BN3Si2. The second-order valence-electron chi connectivity index (χ2n) is 23.8. The van der Waals surface area contributed by atoms with E-state index in [0.717, 1.165) is 34.1 Å². The monoisotopic (exact) mass is 1180 g/mol. The molecule has 15 aromatic rings. The van der Waals surface area contributed by atoms with Gasteiger partial charge in [-0.2, -0.15) is 0 Å². The molecular weight excluding hydrogens is 1120 g/mol. The lowest BCUT2D eigenvalue weighted by Gasteiger charge is -2.45. The minimum atomic E-state index is -3.04. The lowest BCUT2D eigenvalue weighted by atomic mass is 9.33. The van der Waals surface area contributed by atoms with Crippen molar-refractivity contribution in [2.24, 2.45) is 0 Å². The van der Waals surface area contributed by atoms with E-state index in [1.807, 2.05) is 0 Å². The second-order valence-corrected chi connectivity index (χ2v) is 31.4. The predicted octanol–water partition coefficient (Wildman–Crippen LogP) is 13.3. The summed E-state index contributed by atoms with van der Waals surface area (Å²) in [4.78, 5) is 5.22. The number of rotatable bonds is 12. The number of benzene rings is 14. The van der Waals surface area contributed by atoms with Gasteiger partial charge in [-0.25, -0.2) is 0 Å². The zero-order chi connectivity index (χ0) is 59.6. The van der Waals surface area contributed by atoms with Crippen LogP contribution in [0.5, 0.6) is 0 Å². The van der Waals surface area contributed by atoms with Crippen molar-refractivity contribution >= 4 is 137 Å². The zero-order valence-corrected chi connectivity index (χ0v) is 51.6. The smallest absolute Gasteiger partial charge is 0.252 e. The number of fused-ring (bicyclic) bond motifs is 7. The van der Waals surface area contributed by atoms with E-state index < -0.39 is 16.1 Å². The molecule has 0 amide bonds. The molecule has 14 aromatic carbocycles. The normalized spacial score (nSPS) is 12.6. The molecule has 0 radical (unpaired) electrons. The second kappa shape index (κ2) is 22.0. The number of nitrogens with zero attached hydrogens (tertiary/aromatic N) is 3. The molecule has 0 bridgehead atoms. The van der Waals surface area contributed by atoms with Crippen molar-refractivity contribution in [1.29, 1.82) is 0 Å². The highest BCUT2D eigenvalue weighted by Gasteiger charge is 2.48. The molecule has 0 saturated heterocycles. The van der Waals surface area contributed by atoms with Crippen molar-refractivity contribution < 1.29 is 0 Å². The maximum atomic E-state index is 2.65. The highest BCUT2D eigenvalue weighted by molar-refractivity contribution is 7.20. The molecule has 1 aromatic heterocycles. The lowest BCUT2D eigenvalue weighted by Crippen LogP contribution is -2.75. The van der Waals surface area contributed by atoms with Crippen LogP contribution in [0.1, 0.15) is 0 Å². The van der Waals surface area contributed by atoms with Crippen LogP contribution in [0, 0.1) is 0 Å². The van der Waals surface area contributed by atoms with E-state index in [-0.39, 0.29) is 6.71 Å². The Balaban J connectivity index is 0.998. The largest absolute Gasteiger partial charge is 0.311 e. The fraction of sp³-hybridized carbons (Fsp3) is 0. The Bertz CT molecular complexity index is 4880. The Kier molecular flexibility index (Phi) is 13.0. The summed E-state index contributed by atoms with van der Waals surface area (Å²) in [6.07, 6.45) is 0. The molecule has 422 valence electrons. The van der Waals surface area contributed by atoms with Gasteiger partial charge in [0.15, 0.2) is 16.1 Å². The van der Waals surface area contributed by atoms with E-state index in [2.05, 4.69) is 378 Å². The molecule has 6 heteroatoms. The van der Waals surface area contributed by atoms with Crippen molar-refractivity contribution in [2.75, 3.05) is 9.80 Å². The number of hydrogen-bond acceptors (Lipinski definition) is 2. The Hall–Kier alpha value is -11.0. The SMILES string of the molecule is c1ccc(-c2ccccc2N2c3ccccc3B3c4cc([Si](c5ccccc5)(c5ccccc5)c5ccccc5)ccc4N(c4ccc([Si](c5ccccc5)(c5ccccc5)c5ccccc5)cc4)c4cc(-n5c6ccccc6c6ccccc65)cc2c43)cc1. The fourth-order valence-electron chi connectivity index (χ4n) is 15.6. The van der Waals surface area contributed by atoms with Gasteiger partial charge >= 0.3 is 0 Å². The first kappa shape index (κ1) is 53.2. The molecule has 17 rings (SSSR count). The maximum absolute atomic E-state index is 3.04. The molecule has 90 heavy (non-hydrogen) atoms. The first-order valence-electron chi connectivity index (χ1n) is 31.3. The van der Waals surface area contributed by atoms with Gasteiger partial charge in [-0.15, -0.1) is 0 Å². The molecule has 0 atom stereocenters. The van der Waals surface area contributed by atoms with Gasteiger partial charge in [0.2, 0.25) is 0 Å². The number of anilines is 6. The summed E-state index contributed by atoms with van der Waals surface area (Å²) in [6, 6.07) is 137. The summed E-state index contributed by atoms with van der Waals surface area (Å²) in [5.74, 6) is 0. The molecule has 2 aliphatic rings. The first-order valence-corrected chi connectivity index (χ1v) is 35.3. The first-order chi connectivity index (χ1) is 44.7. The molecule has 0 N–H and O–H groups in total. The van der Waals surface area contributed by atoms with Crippen molar-refractivity contribution in [3.05, 3.63) is 364 Å². The zero-order valence-electron chi connectivity index (χ0n) is 49.6. The van der Waals surface area contributed by atoms with Crippen LogP contribution < -0.4 is 67.7 Å². The van der Waals surface area contributed by atoms with Gasteiger partial charge in [0, 0.05) is 44.8 Å². The summed E-state index contributed by atoms with van der Waals surface area (Å²) in [7, 11) is -5.94. The predicted molar refractivity (Wildman–Crippen MR) is 387 cm³/mol. The van der Waals surface area contributed by atoms with Gasteiger partial charge in [-0.05, 0) is 118 Å². The van der Waals surface area contributed by atoms with Crippen LogP contribution in [0.4, 0.5) is 34.1 Å². The Morgan fingerprint density at radius 3 is 1.10 bits per heavy atom. The highest BCUT2D eigenvalue weighted by atomic mass is 28.3. The number of para-hydroxylation sites is 4. The van der Waals surface area contributed by atoms with Gasteiger partial charge in [-0.1, -0.05) is 309 Å². The fourth-order valence-corrected chi connectivity index (χ4v) is 25.1. The van der Waals surface area contributed by atoms with Crippen LogP contribution in [-0.4, -0.2) is 27.4 Å². The molecule has 0 saturated carbocycles. The standard InChI is InChI=1S/C84H60BN3Si2/c1-8-30-61(31-9-1)72-44-22-26-48-77(72)88-80-51-29-25-47-75(80)85-76-60-71(90(67-38-16-5-17-39-67,68-40-18-6-19-41-68)69-42-20-7-21-43-69)56-57-81(76)86(82-58-63(59-83(88)84(82)85)87-78-49-27-23-45-73(78)74-46-24-28-50-79(74)87)62-52-54-70(55-53-62)89(64-32-10-2-11-33-64,65-34-12-3-13-35-65)66-36-14-4-15-37-66/h1-60H. The van der Waals surface area contributed by atoms with E-state index in [4.69, 9.17) is 0 Å². The van der Waals surface area contributed by atoms with Crippen molar-refractivity contribution in [1.82, 2.24) is 4.57 Å². The van der Waals surface area contributed by atoms with Crippen LogP contribution in [0.15, 0.2) is 364 Å². The molecule has 0 aliphatic carbocycles. The topological polar surface area (TPSA) is 11.4 Å². The molecule has 0 unspecified atom stereocenters. The van der Waals surface area contributed by atoms with E-state index in [1.165, 1.54) is 96.5 Å². The molecule has 0 fully saturated rings. The van der Waals surface area contributed by atoms with Gasteiger partial charge < -0.3 is 14.4 Å². The van der Waals surface area contributed by atoms with Crippen molar-refractivity contribution in [2.45, 2.75) is 0 Å². The minimum absolute atomic E-state index is 0.160. The number of hydrogen-bond donors (Lipinski definition) is 0. The quantitative estimate of drug-likeness (QED) is 0.0892. The van der Waals surface area contributed by atoms with Crippen molar-refractivity contribution in [3.8, 4) is 16.8 Å².